The largest absolute Gasteiger partial charge is 1.00 e. The number of aromatic carboxylic acids is 1. The van der Waals surface area contributed by atoms with E-state index < -0.39 is 11.7 Å². The van der Waals surface area contributed by atoms with Gasteiger partial charge >= 0.3 is 29.6 Å². The second-order valence-electron chi connectivity index (χ2n) is 2.70. The first-order chi connectivity index (χ1) is 6.50. The van der Waals surface area contributed by atoms with Crippen LogP contribution in [0.3, 0.4) is 0 Å². The minimum absolute atomic E-state index is 0. The fraction of sp³-hybridized carbons (Fsp3) is 0.111. The van der Waals surface area contributed by atoms with E-state index in [1.807, 2.05) is 0 Å². The smallest absolute Gasteiger partial charge is 0.545 e. The summed E-state index contributed by atoms with van der Waals surface area (Å²) in [5.74, 6) is -2.20. The van der Waals surface area contributed by atoms with Gasteiger partial charge in [-0.3, -0.25) is 4.79 Å². The van der Waals surface area contributed by atoms with Crippen molar-refractivity contribution in [2.75, 3.05) is 5.32 Å². The zero-order valence-corrected chi connectivity index (χ0v) is 10.4. The number of amides is 1. The average molecular weight is 217 g/mol. The Kier molecular flexibility index (Phi) is 5.35. The number of carboxylic acids is 1. The molecule has 0 bridgehead atoms. The Hall–Kier alpha value is -1.04. The van der Waals surface area contributed by atoms with Gasteiger partial charge in [0.25, 0.3) is 0 Å². The van der Waals surface area contributed by atoms with Gasteiger partial charge in [-0.15, -0.1) is 0 Å². The maximum atomic E-state index is 10.6. The topological polar surface area (TPSA) is 89.5 Å². The molecule has 0 saturated carbocycles. The first-order valence-corrected chi connectivity index (χ1v) is 3.82. The summed E-state index contributed by atoms with van der Waals surface area (Å²) in [7, 11) is 0. The molecule has 74 valence electrons. The summed E-state index contributed by atoms with van der Waals surface area (Å²) in [6, 6.07) is 3.68. The standard InChI is InChI=1S/C9H9NO4.Na/c1-5(11)10-6-2-3-7(9(13)14)8(12)4-6;/h2-4,12H,1H3,(H,10,11)(H,13,14);/q;+1/p-1. The van der Waals surface area contributed by atoms with E-state index in [0.717, 1.165) is 12.1 Å². The van der Waals surface area contributed by atoms with Gasteiger partial charge < -0.3 is 20.3 Å². The van der Waals surface area contributed by atoms with Crippen molar-refractivity contribution in [2.24, 2.45) is 0 Å². The van der Waals surface area contributed by atoms with Gasteiger partial charge in [0.2, 0.25) is 5.91 Å². The van der Waals surface area contributed by atoms with Crippen LogP contribution in [0.1, 0.15) is 17.3 Å². The number of aromatic hydroxyl groups is 1. The van der Waals surface area contributed by atoms with Gasteiger partial charge in [0, 0.05) is 24.2 Å². The SMILES string of the molecule is CC(=O)Nc1ccc(C(=O)[O-])c(O)c1.[Na+]. The minimum atomic E-state index is -1.46. The molecular weight excluding hydrogens is 209 g/mol. The number of carbonyl (C=O) groups is 2. The van der Waals surface area contributed by atoms with Crippen molar-refractivity contribution in [2.45, 2.75) is 6.92 Å². The van der Waals surface area contributed by atoms with Crippen molar-refractivity contribution in [3.8, 4) is 5.75 Å². The molecule has 0 spiro atoms. The quantitative estimate of drug-likeness (QED) is 0.508. The van der Waals surface area contributed by atoms with Gasteiger partial charge in [0.05, 0.1) is 5.97 Å². The molecule has 0 aliphatic heterocycles. The summed E-state index contributed by atoms with van der Waals surface area (Å²) < 4.78 is 0. The average Bonchev–Trinajstić information content (AvgIpc) is 2.01. The van der Waals surface area contributed by atoms with Crippen LogP contribution < -0.4 is 40.0 Å². The van der Waals surface area contributed by atoms with Gasteiger partial charge in [-0.05, 0) is 12.1 Å². The molecule has 1 aromatic rings. The van der Waals surface area contributed by atoms with Crippen molar-refractivity contribution >= 4 is 17.6 Å². The number of carboxylic acid groups (broad SMARTS) is 1. The van der Waals surface area contributed by atoms with Gasteiger partial charge in [-0.2, -0.15) is 0 Å². The van der Waals surface area contributed by atoms with Gasteiger partial charge in [0.1, 0.15) is 5.75 Å². The Morgan fingerprint density at radius 3 is 2.40 bits per heavy atom. The third-order valence-corrected chi connectivity index (χ3v) is 1.54. The predicted octanol–water partition coefficient (Wildman–Crippen LogP) is -3.28. The van der Waals surface area contributed by atoms with E-state index in [4.69, 9.17) is 0 Å². The monoisotopic (exact) mass is 217 g/mol. The maximum absolute atomic E-state index is 10.6. The third kappa shape index (κ3) is 3.91. The number of nitrogens with one attached hydrogen (secondary N) is 1. The summed E-state index contributed by atoms with van der Waals surface area (Å²) in [5.41, 5.74) is 0.0269. The number of carbonyl (C=O) groups excluding carboxylic acids is 2. The first kappa shape index (κ1) is 14.0. The van der Waals surface area contributed by atoms with Crippen LogP contribution in [0.5, 0.6) is 5.75 Å². The molecule has 1 rings (SSSR count). The molecular formula is C9H8NNaO4. The van der Waals surface area contributed by atoms with Gasteiger partial charge in [0.15, 0.2) is 0 Å². The van der Waals surface area contributed by atoms with Crippen LogP contribution in [0.2, 0.25) is 0 Å². The third-order valence-electron chi connectivity index (χ3n) is 1.54. The van der Waals surface area contributed by atoms with Crippen molar-refractivity contribution in [1.29, 1.82) is 0 Å². The van der Waals surface area contributed by atoms with Crippen LogP contribution in [0, 0.1) is 0 Å². The fourth-order valence-corrected chi connectivity index (χ4v) is 0.985. The zero-order chi connectivity index (χ0) is 10.7. The Morgan fingerprint density at radius 2 is 2.00 bits per heavy atom. The van der Waals surface area contributed by atoms with Crippen LogP contribution in [-0.4, -0.2) is 17.0 Å². The predicted molar refractivity (Wildman–Crippen MR) is 46.7 cm³/mol. The van der Waals surface area contributed by atoms with Crippen molar-refractivity contribution in [3.05, 3.63) is 23.8 Å². The Balaban J connectivity index is 0.00000196. The van der Waals surface area contributed by atoms with Crippen molar-refractivity contribution < 1.29 is 49.4 Å². The molecule has 0 saturated heterocycles. The number of anilines is 1. The summed E-state index contributed by atoms with van der Waals surface area (Å²) in [5, 5.41) is 22.0. The summed E-state index contributed by atoms with van der Waals surface area (Å²) >= 11 is 0. The molecule has 15 heavy (non-hydrogen) atoms. The van der Waals surface area contributed by atoms with Crippen LogP contribution >= 0.6 is 0 Å². The normalized spacial score (nSPS) is 8.87. The molecule has 0 aromatic heterocycles. The van der Waals surface area contributed by atoms with E-state index in [1.54, 1.807) is 0 Å². The van der Waals surface area contributed by atoms with Crippen LogP contribution in [0.15, 0.2) is 18.2 Å². The first-order valence-electron chi connectivity index (χ1n) is 3.82. The van der Waals surface area contributed by atoms with E-state index in [0.29, 0.717) is 5.69 Å². The summed E-state index contributed by atoms with van der Waals surface area (Å²) in [6.07, 6.45) is 0. The van der Waals surface area contributed by atoms with Gasteiger partial charge in [-0.1, -0.05) is 0 Å². The van der Waals surface area contributed by atoms with E-state index in [-0.39, 0.29) is 41.0 Å². The second-order valence-corrected chi connectivity index (χ2v) is 2.70. The van der Waals surface area contributed by atoms with E-state index in [2.05, 4.69) is 5.32 Å². The Bertz CT molecular complexity index is 392. The van der Waals surface area contributed by atoms with Crippen LogP contribution in [-0.2, 0) is 4.79 Å². The molecule has 1 aromatic carbocycles. The molecule has 0 radical (unpaired) electrons. The molecule has 0 fully saturated rings. The summed E-state index contributed by atoms with van der Waals surface area (Å²) in [4.78, 5) is 21.0. The molecule has 0 aliphatic carbocycles. The van der Waals surface area contributed by atoms with Gasteiger partial charge in [-0.25, -0.2) is 0 Å². The molecule has 0 aliphatic rings. The number of rotatable bonds is 2. The molecule has 0 unspecified atom stereocenters. The Labute approximate surface area is 108 Å². The van der Waals surface area contributed by atoms with Crippen LogP contribution in [0.25, 0.3) is 0 Å². The van der Waals surface area contributed by atoms with E-state index in [1.165, 1.54) is 13.0 Å². The second kappa shape index (κ2) is 5.75. The maximum Gasteiger partial charge on any atom is 1.00 e. The molecule has 2 N–H and O–H groups in total. The molecule has 5 nitrogen and oxygen atoms in total. The minimum Gasteiger partial charge on any atom is -0.545 e. The fourth-order valence-electron chi connectivity index (χ4n) is 0.985. The molecule has 6 heteroatoms. The number of hydrogen-bond acceptors (Lipinski definition) is 4. The molecule has 0 heterocycles. The number of phenols is 1. The van der Waals surface area contributed by atoms with Crippen molar-refractivity contribution in [1.82, 2.24) is 0 Å². The van der Waals surface area contributed by atoms with E-state index >= 15 is 0 Å². The Morgan fingerprint density at radius 1 is 1.40 bits per heavy atom. The van der Waals surface area contributed by atoms with Crippen LogP contribution in [0.4, 0.5) is 5.69 Å². The number of hydrogen-bond donors (Lipinski definition) is 2. The molecule has 0 atom stereocenters. The van der Waals surface area contributed by atoms with E-state index in [9.17, 15) is 19.8 Å². The molecule has 1 amide bonds. The zero-order valence-electron chi connectivity index (χ0n) is 8.40. The summed E-state index contributed by atoms with van der Waals surface area (Å²) in [6.45, 7) is 1.31. The van der Waals surface area contributed by atoms with Crippen molar-refractivity contribution in [3.63, 3.8) is 0 Å². The number of benzene rings is 1.